The molecule has 50 heavy (non-hydrogen) atoms. The Kier molecular flexibility index (Phi) is 8.92. The Balaban J connectivity index is 1.43. The first kappa shape index (κ1) is 34.6. The van der Waals surface area contributed by atoms with Gasteiger partial charge in [-0.2, -0.15) is 5.10 Å². The highest BCUT2D eigenvalue weighted by Gasteiger charge is 2.49. The highest BCUT2D eigenvalue weighted by Crippen LogP contribution is 2.52. The molecular formula is C34H34N4O12. The van der Waals surface area contributed by atoms with Crippen LogP contribution in [0.25, 0.3) is 0 Å². The zero-order valence-electron chi connectivity index (χ0n) is 27.1. The number of hydrogen-bond donors (Lipinski definition) is 6. The molecule has 0 unspecified atom stereocenters. The number of aromatic hydroxyl groups is 2. The van der Waals surface area contributed by atoms with Crippen LogP contribution in [-0.2, 0) is 15.9 Å². The second-order valence-electron chi connectivity index (χ2n) is 12.5. The van der Waals surface area contributed by atoms with Gasteiger partial charge in [-0.25, -0.2) is 5.43 Å². The molecule has 0 radical (unpaired) electrons. The molecule has 0 aromatic heterocycles. The van der Waals surface area contributed by atoms with Gasteiger partial charge in [-0.05, 0) is 26.0 Å². The lowest BCUT2D eigenvalue weighted by Gasteiger charge is -2.42. The summed E-state index contributed by atoms with van der Waals surface area (Å²) in [7, 11) is 1.32. The predicted molar refractivity (Wildman–Crippen MR) is 173 cm³/mol. The fraction of sp³-hybridized carbons (Fsp3) is 0.353. The third kappa shape index (κ3) is 5.76. The Morgan fingerprint density at radius 3 is 2.50 bits per heavy atom. The van der Waals surface area contributed by atoms with E-state index in [-0.39, 0.29) is 57.8 Å². The molecule has 1 fully saturated rings. The molecular weight excluding hydrogens is 656 g/mol. The van der Waals surface area contributed by atoms with Gasteiger partial charge >= 0.3 is 0 Å². The van der Waals surface area contributed by atoms with Gasteiger partial charge in [0, 0.05) is 59.7 Å². The van der Waals surface area contributed by atoms with Gasteiger partial charge in [-0.1, -0.05) is 18.2 Å². The van der Waals surface area contributed by atoms with E-state index in [9.17, 15) is 44.9 Å². The number of methoxy groups -OCH3 is 1. The van der Waals surface area contributed by atoms with Crippen LogP contribution < -0.4 is 15.9 Å². The summed E-state index contributed by atoms with van der Waals surface area (Å²) < 4.78 is 17.4. The number of hydrazone groups is 1. The van der Waals surface area contributed by atoms with E-state index in [1.807, 2.05) is 0 Å². The predicted octanol–water partition coefficient (Wildman–Crippen LogP) is 2.15. The second kappa shape index (κ2) is 12.9. The lowest BCUT2D eigenvalue weighted by atomic mass is 9.71. The largest absolute Gasteiger partial charge is 0.507 e. The summed E-state index contributed by atoms with van der Waals surface area (Å²) in [5.41, 5.74) is 4.58. The number of nitro groups is 1. The highest BCUT2D eigenvalue weighted by atomic mass is 16.7. The summed E-state index contributed by atoms with van der Waals surface area (Å²) in [5, 5.41) is 61.1. The Bertz CT molecular complexity index is 1970. The summed E-state index contributed by atoms with van der Waals surface area (Å²) in [4.78, 5) is 51.1. The number of carbonyl (C=O) groups excluding carboxylic acids is 3. The number of aliphatic hydroxyl groups excluding tert-OH is 1. The fourth-order valence-corrected chi connectivity index (χ4v) is 6.73. The number of nitro benzene ring substituents is 1. The maximum absolute atomic E-state index is 13.9. The number of phenols is 2. The molecule has 6 rings (SSSR count). The number of nitrogens with zero attached hydrogens (tertiary/aromatic N) is 2. The van der Waals surface area contributed by atoms with Crippen molar-refractivity contribution in [1.29, 1.82) is 0 Å². The third-order valence-corrected chi connectivity index (χ3v) is 9.46. The monoisotopic (exact) mass is 690 g/mol. The quantitative estimate of drug-likeness (QED) is 0.0704. The zero-order chi connectivity index (χ0) is 36.2. The number of nitrogens with two attached hydrogens (primary N) is 1. The van der Waals surface area contributed by atoms with Crippen LogP contribution in [-0.4, -0.2) is 85.8 Å². The van der Waals surface area contributed by atoms with E-state index >= 15 is 0 Å². The normalized spacial score (nSPS) is 26.0. The molecule has 262 valence electrons. The molecule has 0 bridgehead atoms. The van der Waals surface area contributed by atoms with Gasteiger partial charge in [0.25, 0.3) is 11.6 Å². The number of hydrogen-bond acceptors (Lipinski definition) is 14. The molecule has 0 saturated carbocycles. The van der Waals surface area contributed by atoms with Crippen molar-refractivity contribution in [3.8, 4) is 17.2 Å². The van der Waals surface area contributed by atoms with E-state index in [4.69, 9.17) is 19.9 Å². The minimum Gasteiger partial charge on any atom is -0.507 e. The van der Waals surface area contributed by atoms with Gasteiger partial charge in [0.15, 0.2) is 12.1 Å². The molecule has 3 aromatic rings. The number of carbonyl (C=O) groups is 3. The van der Waals surface area contributed by atoms with Crippen molar-refractivity contribution < 1.29 is 53.9 Å². The first-order chi connectivity index (χ1) is 23.7. The molecule has 1 amide bonds. The second-order valence-corrected chi connectivity index (χ2v) is 12.5. The molecule has 3 aliphatic rings. The molecule has 6 atom stereocenters. The van der Waals surface area contributed by atoms with Gasteiger partial charge < -0.3 is 40.4 Å². The molecule has 1 heterocycles. The Hall–Kier alpha value is -5.26. The van der Waals surface area contributed by atoms with E-state index < -0.39 is 87.7 Å². The maximum Gasteiger partial charge on any atom is 0.271 e. The number of rotatable bonds is 7. The number of phenolic OH excluding ortho intramolecular Hbond substituents is 2. The summed E-state index contributed by atoms with van der Waals surface area (Å²) in [5.74, 6) is -3.61. The minimum atomic E-state index is -2.00. The average molecular weight is 691 g/mol. The van der Waals surface area contributed by atoms with Crippen LogP contribution >= 0.6 is 0 Å². The lowest BCUT2D eigenvalue weighted by molar-refractivity contribution is -0.384. The van der Waals surface area contributed by atoms with Crippen molar-refractivity contribution in [2.75, 3.05) is 7.11 Å². The van der Waals surface area contributed by atoms with Crippen molar-refractivity contribution in [2.45, 2.75) is 69.4 Å². The fourth-order valence-electron chi connectivity index (χ4n) is 6.73. The highest BCUT2D eigenvalue weighted by molar-refractivity contribution is 6.31. The SMILES string of the molecule is COc1cccc2c1C(=O)c1c(O)c3c(c(O)c1C2=O)C[C@@](O)(/C(C)=N/NC(=O)c1cccc([N+](=O)[O-])c1)C[C@H]3O[C@H]1C[C@@H](N)[C@@H](O)[C@H](C)O1. The maximum atomic E-state index is 13.9. The Morgan fingerprint density at radius 1 is 1.12 bits per heavy atom. The van der Waals surface area contributed by atoms with E-state index in [0.717, 1.165) is 6.07 Å². The van der Waals surface area contributed by atoms with Crippen molar-refractivity contribution in [3.63, 3.8) is 0 Å². The Labute approximate surface area is 284 Å². The lowest BCUT2D eigenvalue weighted by Crippen LogP contribution is -2.52. The van der Waals surface area contributed by atoms with Crippen LogP contribution in [0.3, 0.4) is 0 Å². The number of benzene rings is 3. The molecule has 1 aliphatic heterocycles. The number of amides is 1. The van der Waals surface area contributed by atoms with Crippen molar-refractivity contribution in [2.24, 2.45) is 10.8 Å². The molecule has 0 spiro atoms. The number of ketones is 2. The minimum absolute atomic E-state index is 0.00177. The summed E-state index contributed by atoms with van der Waals surface area (Å²) in [6.07, 6.45) is -4.97. The van der Waals surface area contributed by atoms with Crippen molar-refractivity contribution in [3.05, 3.63) is 91.5 Å². The van der Waals surface area contributed by atoms with Gasteiger partial charge in [0.1, 0.15) is 22.8 Å². The van der Waals surface area contributed by atoms with Crippen molar-refractivity contribution >= 4 is 28.9 Å². The van der Waals surface area contributed by atoms with Crippen LogP contribution in [0.2, 0.25) is 0 Å². The number of nitrogens with one attached hydrogen (secondary N) is 1. The number of ether oxygens (including phenoxy) is 3. The van der Waals surface area contributed by atoms with Crippen LogP contribution in [0.1, 0.15) is 86.1 Å². The number of non-ortho nitro benzene ring substituents is 1. The Morgan fingerprint density at radius 2 is 1.82 bits per heavy atom. The third-order valence-electron chi connectivity index (χ3n) is 9.46. The van der Waals surface area contributed by atoms with E-state index in [1.54, 1.807) is 6.92 Å². The molecule has 16 heteroatoms. The smallest absolute Gasteiger partial charge is 0.271 e. The van der Waals surface area contributed by atoms with Gasteiger partial charge in [0.05, 0.1) is 52.7 Å². The molecule has 1 saturated heterocycles. The zero-order valence-corrected chi connectivity index (χ0v) is 27.1. The number of fused-ring (bicyclic) bond motifs is 3. The van der Waals surface area contributed by atoms with Crippen LogP contribution in [0.5, 0.6) is 17.2 Å². The van der Waals surface area contributed by atoms with E-state index in [1.165, 1.54) is 50.4 Å². The van der Waals surface area contributed by atoms with Gasteiger partial charge in [0.2, 0.25) is 5.78 Å². The summed E-state index contributed by atoms with van der Waals surface area (Å²) >= 11 is 0. The molecule has 3 aromatic carbocycles. The van der Waals surface area contributed by atoms with Gasteiger partial charge in [-0.3, -0.25) is 24.5 Å². The number of aliphatic hydroxyl groups is 2. The molecule has 2 aliphatic carbocycles. The summed E-state index contributed by atoms with van der Waals surface area (Å²) in [6, 6.07) is 8.55. The molecule has 16 nitrogen and oxygen atoms in total. The topological polar surface area (TPSA) is 253 Å². The van der Waals surface area contributed by atoms with Crippen LogP contribution in [0.4, 0.5) is 5.69 Å². The standard InChI is InChI=1S/C34H34N4O12/c1-14-28(39)20(35)11-23(49-14)50-22-13-34(45,15(2)36-37-33(44)16-6-4-7-17(10-16)38(46)47)12-19-25(22)32(43)27-26(30(19)41)29(40)18-8-5-9-21(48-3)24(18)31(27)42/h4-10,14,20,22-23,28,39,41,43,45H,11-13,35H2,1-3H3,(H,37,44)/b36-15+/t14-,20+,22+,23-,28-,34-/m0/s1. The first-order valence-corrected chi connectivity index (χ1v) is 15.6. The van der Waals surface area contributed by atoms with Crippen molar-refractivity contribution in [1.82, 2.24) is 5.43 Å². The first-order valence-electron chi connectivity index (χ1n) is 15.6. The average Bonchev–Trinajstić information content (AvgIpc) is 3.09. The molecule has 7 N–H and O–H groups in total. The van der Waals surface area contributed by atoms with Gasteiger partial charge in [-0.15, -0.1) is 0 Å². The van der Waals surface area contributed by atoms with E-state index in [0.29, 0.717) is 0 Å². The van der Waals surface area contributed by atoms with E-state index in [2.05, 4.69) is 10.5 Å². The van der Waals surface area contributed by atoms with Crippen LogP contribution in [0.15, 0.2) is 47.6 Å². The van der Waals surface area contributed by atoms with Crippen LogP contribution in [0, 0.1) is 10.1 Å². The summed E-state index contributed by atoms with van der Waals surface area (Å²) in [6.45, 7) is 2.97.